The lowest BCUT2D eigenvalue weighted by atomic mass is 9.92. The van der Waals surface area contributed by atoms with Crippen molar-refractivity contribution in [3.05, 3.63) is 48.4 Å². The number of ether oxygens (including phenoxy) is 1. The van der Waals surface area contributed by atoms with E-state index in [9.17, 15) is 5.11 Å². The van der Waals surface area contributed by atoms with Gasteiger partial charge >= 0.3 is 0 Å². The first-order valence-corrected chi connectivity index (χ1v) is 7.09. The highest BCUT2D eigenvalue weighted by Crippen LogP contribution is 2.31. The van der Waals surface area contributed by atoms with Crippen molar-refractivity contribution in [2.24, 2.45) is 7.05 Å². The first-order valence-electron chi connectivity index (χ1n) is 7.09. The van der Waals surface area contributed by atoms with E-state index in [0.29, 0.717) is 13.2 Å². The maximum Gasteiger partial charge on any atom is 0.161 e. The van der Waals surface area contributed by atoms with Gasteiger partial charge in [0.05, 0.1) is 25.2 Å². The highest BCUT2D eigenvalue weighted by Gasteiger charge is 2.37. The van der Waals surface area contributed by atoms with Gasteiger partial charge in [0.1, 0.15) is 11.1 Å². The van der Waals surface area contributed by atoms with Crippen LogP contribution in [0, 0.1) is 0 Å². The third-order valence-electron chi connectivity index (χ3n) is 3.98. The van der Waals surface area contributed by atoms with Crippen LogP contribution < -0.4 is 5.32 Å². The molecule has 0 spiro atoms. The van der Waals surface area contributed by atoms with Crippen molar-refractivity contribution in [3.63, 3.8) is 0 Å². The standard InChI is InChI=1S/C16H16N4O2/c1-20-10-18-14-13(6-7-17-15(14)20)19-12-4-2-11(3-5-12)16(21)8-22-9-16/h2-7,10,21H,8-9H2,1H3,(H,17,19). The first-order chi connectivity index (χ1) is 10.7. The summed E-state index contributed by atoms with van der Waals surface area (Å²) in [5.41, 5.74) is 3.56. The quantitative estimate of drug-likeness (QED) is 0.772. The first kappa shape index (κ1) is 13.2. The number of benzene rings is 1. The molecule has 4 rings (SSSR count). The molecule has 0 radical (unpaired) electrons. The maximum atomic E-state index is 10.2. The SMILES string of the molecule is Cn1cnc2c(Nc3ccc(C4(O)COC4)cc3)ccnc21. The zero-order valence-corrected chi connectivity index (χ0v) is 12.2. The van der Waals surface area contributed by atoms with Gasteiger partial charge in [-0.2, -0.15) is 0 Å². The molecule has 22 heavy (non-hydrogen) atoms. The number of aliphatic hydroxyl groups is 1. The minimum Gasteiger partial charge on any atom is -0.380 e. The molecule has 1 saturated heterocycles. The Bertz CT molecular complexity index is 822. The van der Waals surface area contributed by atoms with Gasteiger partial charge in [-0.1, -0.05) is 12.1 Å². The molecular formula is C16H16N4O2. The molecule has 3 aromatic rings. The Labute approximate surface area is 127 Å². The Morgan fingerprint density at radius 2 is 1.95 bits per heavy atom. The zero-order chi connectivity index (χ0) is 15.2. The molecule has 0 bridgehead atoms. The summed E-state index contributed by atoms with van der Waals surface area (Å²) in [5, 5.41) is 13.6. The molecule has 3 heterocycles. The molecule has 1 aromatic carbocycles. The fourth-order valence-corrected chi connectivity index (χ4v) is 2.61. The van der Waals surface area contributed by atoms with Gasteiger partial charge in [0.15, 0.2) is 5.65 Å². The van der Waals surface area contributed by atoms with E-state index in [-0.39, 0.29) is 0 Å². The number of hydrogen-bond donors (Lipinski definition) is 2. The number of imidazole rings is 1. The van der Waals surface area contributed by atoms with E-state index in [0.717, 1.165) is 28.1 Å². The van der Waals surface area contributed by atoms with Gasteiger partial charge < -0.3 is 19.7 Å². The summed E-state index contributed by atoms with van der Waals surface area (Å²) in [6.45, 7) is 0.720. The van der Waals surface area contributed by atoms with E-state index in [1.807, 2.05) is 41.9 Å². The van der Waals surface area contributed by atoms with E-state index >= 15 is 0 Å². The van der Waals surface area contributed by atoms with Gasteiger partial charge in [0, 0.05) is 18.9 Å². The minimum atomic E-state index is -0.830. The number of aryl methyl sites for hydroxylation is 1. The molecule has 0 unspecified atom stereocenters. The number of nitrogens with zero attached hydrogens (tertiary/aromatic N) is 3. The second-order valence-electron chi connectivity index (χ2n) is 5.61. The van der Waals surface area contributed by atoms with E-state index in [1.165, 1.54) is 0 Å². The predicted octanol–water partition coefficient (Wildman–Crippen LogP) is 1.93. The van der Waals surface area contributed by atoms with Gasteiger partial charge in [-0.05, 0) is 23.8 Å². The van der Waals surface area contributed by atoms with Crippen LogP contribution >= 0.6 is 0 Å². The predicted molar refractivity (Wildman–Crippen MR) is 82.9 cm³/mol. The number of hydrogen-bond acceptors (Lipinski definition) is 5. The van der Waals surface area contributed by atoms with Crippen LogP contribution in [0.1, 0.15) is 5.56 Å². The molecule has 0 saturated carbocycles. The average Bonchev–Trinajstić information content (AvgIpc) is 2.88. The van der Waals surface area contributed by atoms with Gasteiger partial charge in [-0.15, -0.1) is 0 Å². The van der Waals surface area contributed by atoms with E-state index < -0.39 is 5.60 Å². The molecule has 0 amide bonds. The molecule has 2 N–H and O–H groups in total. The van der Waals surface area contributed by atoms with E-state index in [4.69, 9.17) is 4.74 Å². The fraction of sp³-hybridized carbons (Fsp3) is 0.250. The van der Waals surface area contributed by atoms with Gasteiger partial charge in [0.25, 0.3) is 0 Å². The van der Waals surface area contributed by atoms with Crippen LogP contribution in [0.15, 0.2) is 42.9 Å². The number of rotatable bonds is 3. The van der Waals surface area contributed by atoms with E-state index in [1.54, 1.807) is 12.5 Å². The zero-order valence-electron chi connectivity index (χ0n) is 12.2. The van der Waals surface area contributed by atoms with Crippen molar-refractivity contribution < 1.29 is 9.84 Å². The number of pyridine rings is 1. The smallest absolute Gasteiger partial charge is 0.161 e. The van der Waals surface area contributed by atoms with Crippen LogP contribution in [0.3, 0.4) is 0 Å². The number of anilines is 2. The number of aromatic nitrogens is 3. The lowest BCUT2D eigenvalue weighted by molar-refractivity contribution is -0.184. The highest BCUT2D eigenvalue weighted by molar-refractivity contribution is 5.87. The fourth-order valence-electron chi connectivity index (χ4n) is 2.61. The van der Waals surface area contributed by atoms with Crippen LogP contribution in [0.25, 0.3) is 11.2 Å². The van der Waals surface area contributed by atoms with Crippen molar-refractivity contribution in [1.29, 1.82) is 0 Å². The summed E-state index contributed by atoms with van der Waals surface area (Å²) in [7, 11) is 1.92. The Balaban J connectivity index is 1.62. The van der Waals surface area contributed by atoms with Crippen molar-refractivity contribution in [2.45, 2.75) is 5.60 Å². The highest BCUT2D eigenvalue weighted by atomic mass is 16.5. The van der Waals surface area contributed by atoms with Gasteiger partial charge in [-0.3, -0.25) is 0 Å². The molecule has 112 valence electrons. The molecule has 0 atom stereocenters. The summed E-state index contributed by atoms with van der Waals surface area (Å²) in [4.78, 5) is 8.70. The molecule has 6 nitrogen and oxygen atoms in total. The lowest BCUT2D eigenvalue weighted by Crippen LogP contribution is -2.46. The Hall–Kier alpha value is -2.44. The van der Waals surface area contributed by atoms with Crippen LogP contribution in [0.2, 0.25) is 0 Å². The van der Waals surface area contributed by atoms with E-state index in [2.05, 4.69) is 15.3 Å². The largest absolute Gasteiger partial charge is 0.380 e. The molecular weight excluding hydrogens is 280 g/mol. The van der Waals surface area contributed by atoms with Crippen LogP contribution in [0.5, 0.6) is 0 Å². The van der Waals surface area contributed by atoms with Gasteiger partial charge in [0.2, 0.25) is 0 Å². The minimum absolute atomic E-state index is 0.360. The Kier molecular flexibility index (Phi) is 2.88. The van der Waals surface area contributed by atoms with Crippen LogP contribution in [0.4, 0.5) is 11.4 Å². The molecule has 1 aliphatic rings. The summed E-state index contributed by atoms with van der Waals surface area (Å²) in [6, 6.07) is 9.63. The summed E-state index contributed by atoms with van der Waals surface area (Å²) >= 11 is 0. The third kappa shape index (κ3) is 2.04. The monoisotopic (exact) mass is 296 g/mol. The lowest BCUT2D eigenvalue weighted by Gasteiger charge is -2.36. The molecule has 6 heteroatoms. The van der Waals surface area contributed by atoms with Crippen LogP contribution in [-0.4, -0.2) is 32.9 Å². The van der Waals surface area contributed by atoms with Crippen molar-refractivity contribution in [3.8, 4) is 0 Å². The molecule has 0 aliphatic carbocycles. The topological polar surface area (TPSA) is 72.2 Å². The van der Waals surface area contributed by atoms with Crippen molar-refractivity contribution >= 4 is 22.5 Å². The molecule has 1 aliphatic heterocycles. The molecule has 2 aromatic heterocycles. The van der Waals surface area contributed by atoms with Crippen LogP contribution in [-0.2, 0) is 17.4 Å². The summed E-state index contributed by atoms with van der Waals surface area (Å²) in [6.07, 6.45) is 3.51. The maximum absolute atomic E-state index is 10.2. The van der Waals surface area contributed by atoms with Crippen molar-refractivity contribution in [1.82, 2.24) is 14.5 Å². The summed E-state index contributed by atoms with van der Waals surface area (Å²) in [5.74, 6) is 0. The number of fused-ring (bicyclic) bond motifs is 1. The third-order valence-corrected chi connectivity index (χ3v) is 3.98. The summed E-state index contributed by atoms with van der Waals surface area (Å²) < 4.78 is 6.97. The van der Waals surface area contributed by atoms with Crippen molar-refractivity contribution in [2.75, 3.05) is 18.5 Å². The van der Waals surface area contributed by atoms with Gasteiger partial charge in [-0.25, -0.2) is 9.97 Å². The Morgan fingerprint density at radius 3 is 2.64 bits per heavy atom. The average molecular weight is 296 g/mol. The second kappa shape index (κ2) is 4.79. The normalized spacial score (nSPS) is 16.5. The Morgan fingerprint density at radius 1 is 1.18 bits per heavy atom. The molecule has 1 fully saturated rings. The second-order valence-corrected chi connectivity index (χ2v) is 5.61. The number of nitrogens with one attached hydrogen (secondary N) is 1.